The molecule has 1 heterocycles. The molecule has 0 spiro atoms. The molecule has 2 rings (SSSR count). The summed E-state index contributed by atoms with van der Waals surface area (Å²) in [5.41, 5.74) is 3.02. The lowest BCUT2D eigenvalue weighted by molar-refractivity contribution is -0.118. The average molecular weight is 246 g/mol. The van der Waals surface area contributed by atoms with Gasteiger partial charge in [-0.1, -0.05) is 18.2 Å². The van der Waals surface area contributed by atoms with E-state index < -0.39 is 6.10 Å². The molecule has 1 aromatic carbocycles. The van der Waals surface area contributed by atoms with E-state index in [4.69, 9.17) is 0 Å². The number of carbonyl (C=O) groups excluding carboxylic acids is 1. The smallest absolute Gasteiger partial charge is 0.132 e. The van der Waals surface area contributed by atoms with Crippen molar-refractivity contribution in [3.63, 3.8) is 0 Å². The number of ketones is 1. The first-order chi connectivity index (χ1) is 8.16. The van der Waals surface area contributed by atoms with Crippen LogP contribution >= 0.6 is 11.3 Å². The molecular weight excluding hydrogens is 232 g/mol. The molecule has 2 aromatic rings. The van der Waals surface area contributed by atoms with Crippen molar-refractivity contribution in [2.45, 2.75) is 19.4 Å². The van der Waals surface area contributed by atoms with Crippen LogP contribution in [0.25, 0.3) is 11.1 Å². The van der Waals surface area contributed by atoms with Gasteiger partial charge in [0.1, 0.15) is 5.78 Å². The van der Waals surface area contributed by atoms with Gasteiger partial charge in [0.25, 0.3) is 0 Å². The lowest BCUT2D eigenvalue weighted by Gasteiger charge is -2.10. The molecule has 0 radical (unpaired) electrons. The van der Waals surface area contributed by atoms with Crippen molar-refractivity contribution >= 4 is 17.1 Å². The van der Waals surface area contributed by atoms with Crippen molar-refractivity contribution in [1.82, 2.24) is 0 Å². The third-order valence-corrected chi connectivity index (χ3v) is 3.29. The number of carbonyl (C=O) groups is 1. The van der Waals surface area contributed by atoms with E-state index in [-0.39, 0.29) is 12.2 Å². The number of Topliss-reactive ketones (excluding diaryl/α,β-unsaturated/α-hetero) is 1. The van der Waals surface area contributed by atoms with Crippen LogP contribution in [-0.2, 0) is 4.79 Å². The van der Waals surface area contributed by atoms with Crippen LogP contribution in [0.1, 0.15) is 25.0 Å². The number of hydrogen-bond donors (Lipinski definition) is 1. The third-order valence-electron chi connectivity index (χ3n) is 2.61. The van der Waals surface area contributed by atoms with Gasteiger partial charge >= 0.3 is 0 Å². The molecule has 2 nitrogen and oxygen atoms in total. The second kappa shape index (κ2) is 5.25. The van der Waals surface area contributed by atoms with Crippen molar-refractivity contribution in [3.8, 4) is 11.1 Å². The van der Waals surface area contributed by atoms with E-state index in [1.54, 1.807) is 11.3 Å². The minimum absolute atomic E-state index is 0.00145. The zero-order valence-electron chi connectivity index (χ0n) is 9.59. The summed E-state index contributed by atoms with van der Waals surface area (Å²) in [5, 5.41) is 14.0. The Bertz CT molecular complexity index is 503. The van der Waals surface area contributed by atoms with E-state index in [0.29, 0.717) is 0 Å². The maximum atomic E-state index is 11.0. The summed E-state index contributed by atoms with van der Waals surface area (Å²) in [7, 11) is 0. The molecule has 0 saturated carbocycles. The summed E-state index contributed by atoms with van der Waals surface area (Å²) in [6.07, 6.45) is -0.529. The zero-order chi connectivity index (χ0) is 12.3. The van der Waals surface area contributed by atoms with Crippen molar-refractivity contribution in [3.05, 3.63) is 46.7 Å². The molecule has 0 bridgehead atoms. The van der Waals surface area contributed by atoms with Gasteiger partial charge in [0.05, 0.1) is 6.10 Å². The largest absolute Gasteiger partial charge is 0.388 e. The predicted molar refractivity (Wildman–Crippen MR) is 70.0 cm³/mol. The highest BCUT2D eigenvalue weighted by molar-refractivity contribution is 7.08. The van der Waals surface area contributed by atoms with Gasteiger partial charge < -0.3 is 5.11 Å². The monoisotopic (exact) mass is 246 g/mol. The number of benzene rings is 1. The van der Waals surface area contributed by atoms with Crippen LogP contribution in [0.4, 0.5) is 0 Å². The van der Waals surface area contributed by atoms with Crippen LogP contribution in [0.15, 0.2) is 41.1 Å². The van der Waals surface area contributed by atoms with Gasteiger partial charge in [0.2, 0.25) is 0 Å². The molecule has 1 unspecified atom stereocenters. The van der Waals surface area contributed by atoms with E-state index in [1.807, 2.05) is 35.7 Å². The molecule has 1 N–H and O–H groups in total. The summed E-state index contributed by atoms with van der Waals surface area (Å²) in [6, 6.07) is 9.75. The fourth-order valence-electron chi connectivity index (χ4n) is 1.74. The molecule has 0 saturated heterocycles. The Morgan fingerprint density at radius 2 is 2.18 bits per heavy atom. The number of aliphatic hydroxyl groups excluding tert-OH is 1. The maximum absolute atomic E-state index is 11.0. The molecule has 0 fully saturated rings. The van der Waals surface area contributed by atoms with Crippen molar-refractivity contribution in [2.24, 2.45) is 0 Å². The molecular formula is C14H14O2S. The number of aliphatic hydroxyl groups is 1. The molecule has 88 valence electrons. The number of thiophene rings is 1. The molecule has 0 aliphatic rings. The fourth-order valence-corrected chi connectivity index (χ4v) is 2.41. The summed E-state index contributed by atoms with van der Waals surface area (Å²) in [4.78, 5) is 11.0. The topological polar surface area (TPSA) is 37.3 Å². The highest BCUT2D eigenvalue weighted by Gasteiger charge is 2.10. The first kappa shape index (κ1) is 12.0. The summed E-state index contributed by atoms with van der Waals surface area (Å²) >= 11 is 1.64. The second-order valence-electron chi connectivity index (χ2n) is 4.06. The summed E-state index contributed by atoms with van der Waals surface area (Å²) < 4.78 is 0. The van der Waals surface area contributed by atoms with Crippen LogP contribution in [-0.4, -0.2) is 10.9 Å². The van der Waals surface area contributed by atoms with Gasteiger partial charge in [-0.3, -0.25) is 4.79 Å². The molecule has 3 heteroatoms. The minimum atomic E-state index is -0.703. The van der Waals surface area contributed by atoms with Gasteiger partial charge in [0, 0.05) is 6.42 Å². The quantitative estimate of drug-likeness (QED) is 0.897. The van der Waals surface area contributed by atoms with E-state index in [0.717, 1.165) is 16.7 Å². The normalized spacial score (nSPS) is 12.4. The Morgan fingerprint density at radius 3 is 2.82 bits per heavy atom. The van der Waals surface area contributed by atoms with Crippen molar-refractivity contribution in [1.29, 1.82) is 0 Å². The van der Waals surface area contributed by atoms with E-state index >= 15 is 0 Å². The Balaban J connectivity index is 2.25. The summed E-state index contributed by atoms with van der Waals surface area (Å²) in [5.74, 6) is -0.00145. The van der Waals surface area contributed by atoms with E-state index in [2.05, 4.69) is 5.38 Å². The average Bonchev–Trinajstić information content (AvgIpc) is 2.82. The van der Waals surface area contributed by atoms with Gasteiger partial charge in [-0.2, -0.15) is 11.3 Å². The maximum Gasteiger partial charge on any atom is 0.132 e. The van der Waals surface area contributed by atoms with E-state index in [9.17, 15) is 9.90 Å². The minimum Gasteiger partial charge on any atom is -0.388 e. The highest BCUT2D eigenvalue weighted by atomic mass is 32.1. The summed E-state index contributed by atoms with van der Waals surface area (Å²) in [6.45, 7) is 1.49. The fraction of sp³-hybridized carbons (Fsp3) is 0.214. The van der Waals surface area contributed by atoms with Crippen molar-refractivity contribution in [2.75, 3.05) is 0 Å². The van der Waals surface area contributed by atoms with Crippen LogP contribution in [0.2, 0.25) is 0 Å². The van der Waals surface area contributed by atoms with Crippen molar-refractivity contribution < 1.29 is 9.90 Å². The zero-order valence-corrected chi connectivity index (χ0v) is 10.4. The SMILES string of the molecule is CC(=O)CC(O)c1cccc(-c2ccsc2)c1. The van der Waals surface area contributed by atoms with Gasteiger partial charge in [-0.25, -0.2) is 0 Å². The first-order valence-corrected chi connectivity index (χ1v) is 6.41. The standard InChI is InChI=1S/C14H14O2S/c1-10(15)7-14(16)12-4-2-3-11(8-12)13-5-6-17-9-13/h2-6,8-9,14,16H,7H2,1H3. The third kappa shape index (κ3) is 3.02. The predicted octanol–water partition coefficient (Wildman–Crippen LogP) is 3.43. The second-order valence-corrected chi connectivity index (χ2v) is 4.84. The van der Waals surface area contributed by atoms with E-state index in [1.165, 1.54) is 6.92 Å². The number of rotatable bonds is 4. The van der Waals surface area contributed by atoms with Gasteiger partial charge in [-0.15, -0.1) is 0 Å². The van der Waals surface area contributed by atoms with Crippen LogP contribution in [0.3, 0.4) is 0 Å². The molecule has 0 aliphatic heterocycles. The Labute approximate surface area is 105 Å². The molecule has 1 atom stereocenters. The van der Waals surface area contributed by atoms with Gasteiger partial charge in [0.15, 0.2) is 0 Å². The lowest BCUT2D eigenvalue weighted by Crippen LogP contribution is -2.03. The van der Waals surface area contributed by atoms with Crippen LogP contribution in [0.5, 0.6) is 0 Å². The molecule has 0 amide bonds. The number of hydrogen-bond acceptors (Lipinski definition) is 3. The lowest BCUT2D eigenvalue weighted by atomic mass is 10.00. The highest BCUT2D eigenvalue weighted by Crippen LogP contribution is 2.26. The molecule has 0 aliphatic carbocycles. The van der Waals surface area contributed by atoms with Gasteiger partial charge in [-0.05, 0) is 46.5 Å². The molecule has 17 heavy (non-hydrogen) atoms. The Hall–Kier alpha value is -1.45. The van der Waals surface area contributed by atoms with Crippen LogP contribution in [0, 0.1) is 0 Å². The first-order valence-electron chi connectivity index (χ1n) is 5.47. The Morgan fingerprint density at radius 1 is 1.35 bits per heavy atom. The molecule has 1 aromatic heterocycles. The Kier molecular flexibility index (Phi) is 3.71. The van der Waals surface area contributed by atoms with Crippen LogP contribution < -0.4 is 0 Å².